The van der Waals surface area contributed by atoms with Crippen LogP contribution in [0.1, 0.15) is 168 Å². The first-order valence-electron chi connectivity index (χ1n) is 18.6. The van der Waals surface area contributed by atoms with E-state index in [1.165, 1.54) is 57.8 Å². The fraction of sp³-hybridized carbons (Fsp3) is 0.919. The molecule has 3 rings (SSSR count). The molecule has 0 aliphatic carbocycles. The minimum absolute atomic E-state index is 0.0403. The standard InChI is InChI=1S/C37H66O7/c1-3-4-5-6-7-8-9-10-14-17-20-31(39)33-22-24-35(43-33)36-25-23-34(44-36)32(40)21-18-15-12-11-13-16-19-30(38)27-29-26-28(2)42-37(29)41/h26,28,30-36,38-40H,3-25,27H2,1-2H3/t28-,30+,31-,32+,33+,34+,35+,36+/m0/s1. The number of unbranched alkanes of at least 4 members (excludes halogenated alkanes) is 14. The molecule has 7 nitrogen and oxygen atoms in total. The third-order valence-corrected chi connectivity index (χ3v) is 10.0. The summed E-state index contributed by atoms with van der Waals surface area (Å²) in [6, 6.07) is 0. The van der Waals surface area contributed by atoms with Crippen molar-refractivity contribution in [3.05, 3.63) is 11.6 Å². The Labute approximate surface area is 268 Å². The summed E-state index contributed by atoms with van der Waals surface area (Å²) in [7, 11) is 0. The lowest BCUT2D eigenvalue weighted by molar-refractivity contribution is -0.139. The highest BCUT2D eigenvalue weighted by atomic mass is 16.6. The van der Waals surface area contributed by atoms with E-state index in [0.717, 1.165) is 83.5 Å². The molecule has 2 saturated heterocycles. The van der Waals surface area contributed by atoms with Crippen molar-refractivity contribution in [2.24, 2.45) is 0 Å². The summed E-state index contributed by atoms with van der Waals surface area (Å²) < 4.78 is 17.7. The van der Waals surface area contributed by atoms with Crippen LogP contribution in [0.5, 0.6) is 0 Å². The van der Waals surface area contributed by atoms with Crippen LogP contribution in [0.2, 0.25) is 0 Å². The van der Waals surface area contributed by atoms with E-state index in [1.807, 2.05) is 6.92 Å². The van der Waals surface area contributed by atoms with Gasteiger partial charge in [-0.1, -0.05) is 110 Å². The zero-order valence-electron chi connectivity index (χ0n) is 28.1. The molecule has 0 aromatic carbocycles. The van der Waals surface area contributed by atoms with Gasteiger partial charge >= 0.3 is 5.97 Å². The van der Waals surface area contributed by atoms with Crippen LogP contribution in [-0.4, -0.2) is 70.1 Å². The highest BCUT2D eigenvalue weighted by Gasteiger charge is 2.40. The Morgan fingerprint density at radius 2 is 1.09 bits per heavy atom. The zero-order chi connectivity index (χ0) is 31.6. The molecule has 0 saturated carbocycles. The average Bonchev–Trinajstić information content (AvgIpc) is 3.75. The molecule has 0 unspecified atom stereocenters. The Balaban J connectivity index is 1.14. The van der Waals surface area contributed by atoms with Gasteiger partial charge in [0.2, 0.25) is 0 Å². The summed E-state index contributed by atoms with van der Waals surface area (Å²) in [5.74, 6) is -0.289. The van der Waals surface area contributed by atoms with Crippen molar-refractivity contribution in [1.29, 1.82) is 0 Å². The van der Waals surface area contributed by atoms with Gasteiger partial charge in [-0.25, -0.2) is 4.79 Å². The lowest BCUT2D eigenvalue weighted by Gasteiger charge is -2.24. The number of rotatable bonds is 25. The van der Waals surface area contributed by atoms with Gasteiger partial charge in [-0.2, -0.15) is 0 Å². The Morgan fingerprint density at radius 1 is 0.659 bits per heavy atom. The third-order valence-electron chi connectivity index (χ3n) is 10.0. The second-order valence-electron chi connectivity index (χ2n) is 14.0. The molecular formula is C37H66O7. The molecule has 8 atom stereocenters. The Morgan fingerprint density at radius 3 is 1.52 bits per heavy atom. The normalized spacial score (nSPS) is 27.4. The monoisotopic (exact) mass is 622 g/mol. The number of hydrogen-bond acceptors (Lipinski definition) is 7. The summed E-state index contributed by atoms with van der Waals surface area (Å²) >= 11 is 0. The number of ether oxygens (including phenoxy) is 3. The first-order chi connectivity index (χ1) is 21.4. The van der Waals surface area contributed by atoms with Gasteiger partial charge in [0.1, 0.15) is 6.10 Å². The van der Waals surface area contributed by atoms with Crippen molar-refractivity contribution in [2.75, 3.05) is 0 Å². The van der Waals surface area contributed by atoms with Gasteiger partial charge in [-0.15, -0.1) is 0 Å². The molecule has 2 fully saturated rings. The maximum Gasteiger partial charge on any atom is 0.334 e. The van der Waals surface area contributed by atoms with Crippen molar-refractivity contribution in [3.63, 3.8) is 0 Å². The van der Waals surface area contributed by atoms with Crippen LogP contribution in [0.3, 0.4) is 0 Å². The molecule has 256 valence electrons. The highest BCUT2D eigenvalue weighted by Crippen LogP contribution is 2.34. The number of hydrogen-bond donors (Lipinski definition) is 3. The molecule has 0 radical (unpaired) electrons. The number of aliphatic hydroxyl groups excluding tert-OH is 3. The second kappa shape index (κ2) is 21.7. The molecule has 3 aliphatic heterocycles. The van der Waals surface area contributed by atoms with E-state index in [4.69, 9.17) is 14.2 Å². The first kappa shape index (κ1) is 37.5. The van der Waals surface area contributed by atoms with Crippen LogP contribution in [0.25, 0.3) is 0 Å². The third kappa shape index (κ3) is 14.2. The van der Waals surface area contributed by atoms with E-state index in [1.54, 1.807) is 6.08 Å². The van der Waals surface area contributed by atoms with Crippen molar-refractivity contribution < 1.29 is 34.3 Å². The SMILES string of the molecule is CCCCCCCCCCCC[C@H](O)[C@H]1CC[C@H]([C@H]2CC[C@H]([C@H](O)CCCCCCCC[C@@H](O)CC3=C[C@H](C)OC3=O)O2)O1. The van der Waals surface area contributed by atoms with Crippen molar-refractivity contribution >= 4 is 5.97 Å². The van der Waals surface area contributed by atoms with Crippen LogP contribution in [0.4, 0.5) is 0 Å². The van der Waals surface area contributed by atoms with Crippen LogP contribution in [0.15, 0.2) is 11.6 Å². The molecule has 3 N–H and O–H groups in total. The molecule has 0 aromatic rings. The Kier molecular flexibility index (Phi) is 18.5. The van der Waals surface area contributed by atoms with Gasteiger partial charge in [0.05, 0.1) is 42.7 Å². The van der Waals surface area contributed by atoms with Crippen LogP contribution in [0, 0.1) is 0 Å². The van der Waals surface area contributed by atoms with E-state index >= 15 is 0 Å². The minimum Gasteiger partial charge on any atom is -0.455 e. The molecule has 44 heavy (non-hydrogen) atoms. The van der Waals surface area contributed by atoms with E-state index in [-0.39, 0.29) is 42.6 Å². The summed E-state index contributed by atoms with van der Waals surface area (Å²) in [6.07, 6.45) is 26.1. The van der Waals surface area contributed by atoms with Gasteiger partial charge in [0.15, 0.2) is 0 Å². The Bertz CT molecular complexity index is 801. The largest absolute Gasteiger partial charge is 0.455 e. The smallest absolute Gasteiger partial charge is 0.334 e. The number of cyclic esters (lactones) is 1. The quantitative estimate of drug-likeness (QED) is 0.0703. The van der Waals surface area contributed by atoms with Crippen LogP contribution < -0.4 is 0 Å². The fourth-order valence-corrected chi connectivity index (χ4v) is 7.28. The van der Waals surface area contributed by atoms with Crippen LogP contribution in [-0.2, 0) is 19.0 Å². The first-order valence-corrected chi connectivity index (χ1v) is 18.6. The number of carbonyl (C=O) groups excluding carboxylic acids is 1. The Hall–Kier alpha value is -0.990. The van der Waals surface area contributed by atoms with Crippen molar-refractivity contribution in [2.45, 2.75) is 217 Å². The molecule has 0 amide bonds. The van der Waals surface area contributed by atoms with Crippen LogP contribution >= 0.6 is 0 Å². The van der Waals surface area contributed by atoms with Gasteiger partial charge in [0.25, 0.3) is 0 Å². The van der Waals surface area contributed by atoms with Gasteiger partial charge in [-0.3, -0.25) is 0 Å². The average molecular weight is 623 g/mol. The topological polar surface area (TPSA) is 105 Å². The summed E-state index contributed by atoms with van der Waals surface area (Å²) in [6.45, 7) is 4.10. The maximum absolute atomic E-state index is 11.7. The van der Waals surface area contributed by atoms with Gasteiger partial charge in [0, 0.05) is 12.0 Å². The highest BCUT2D eigenvalue weighted by molar-refractivity contribution is 5.90. The van der Waals surface area contributed by atoms with E-state index < -0.39 is 12.2 Å². The second-order valence-corrected chi connectivity index (χ2v) is 14.0. The summed E-state index contributed by atoms with van der Waals surface area (Å²) in [5, 5.41) is 31.7. The zero-order valence-corrected chi connectivity index (χ0v) is 28.1. The van der Waals surface area contributed by atoms with Crippen molar-refractivity contribution in [3.8, 4) is 0 Å². The summed E-state index contributed by atoms with van der Waals surface area (Å²) in [4.78, 5) is 11.7. The van der Waals surface area contributed by atoms with E-state index in [0.29, 0.717) is 18.4 Å². The summed E-state index contributed by atoms with van der Waals surface area (Å²) in [5.41, 5.74) is 0.606. The molecule has 3 heterocycles. The van der Waals surface area contributed by atoms with E-state index in [2.05, 4.69) is 6.92 Å². The molecule has 7 heteroatoms. The minimum atomic E-state index is -0.482. The maximum atomic E-state index is 11.7. The van der Waals surface area contributed by atoms with Gasteiger partial charge < -0.3 is 29.5 Å². The molecule has 0 aromatic heterocycles. The number of carbonyl (C=O) groups is 1. The number of aliphatic hydroxyl groups is 3. The fourth-order valence-electron chi connectivity index (χ4n) is 7.28. The number of esters is 1. The van der Waals surface area contributed by atoms with Gasteiger partial charge in [-0.05, 0) is 57.9 Å². The molecule has 0 bridgehead atoms. The van der Waals surface area contributed by atoms with Crippen molar-refractivity contribution in [1.82, 2.24) is 0 Å². The molecular weight excluding hydrogens is 556 g/mol. The lowest BCUT2D eigenvalue weighted by Crippen LogP contribution is -2.33. The molecule has 0 spiro atoms. The lowest BCUT2D eigenvalue weighted by atomic mass is 10.00. The predicted octanol–water partition coefficient (Wildman–Crippen LogP) is 7.86. The van der Waals surface area contributed by atoms with E-state index in [9.17, 15) is 20.1 Å². The predicted molar refractivity (Wildman–Crippen MR) is 175 cm³/mol. The molecule has 3 aliphatic rings.